The van der Waals surface area contributed by atoms with Gasteiger partial charge in [0, 0.05) is 18.1 Å². The molecule has 2 heterocycles. The van der Waals surface area contributed by atoms with Crippen molar-refractivity contribution in [3.63, 3.8) is 0 Å². The van der Waals surface area contributed by atoms with Crippen LogP contribution in [0.1, 0.15) is 18.4 Å². The van der Waals surface area contributed by atoms with Crippen molar-refractivity contribution >= 4 is 10.9 Å². The Morgan fingerprint density at radius 3 is 2.58 bits per heavy atom. The average molecular weight is 347 g/mol. The van der Waals surface area contributed by atoms with Gasteiger partial charge >= 0.3 is 6.01 Å². The van der Waals surface area contributed by atoms with Crippen molar-refractivity contribution in [3.8, 4) is 6.01 Å². The van der Waals surface area contributed by atoms with Crippen molar-refractivity contribution in [2.75, 3.05) is 26.2 Å². The molecule has 3 aromatic rings. The summed E-state index contributed by atoms with van der Waals surface area (Å²) in [6.45, 7) is 3.88. The first-order valence-corrected chi connectivity index (χ1v) is 9.48. The summed E-state index contributed by atoms with van der Waals surface area (Å²) in [5, 5.41) is 1.04. The second-order valence-electron chi connectivity index (χ2n) is 7.03. The molecule has 4 nitrogen and oxygen atoms in total. The number of ether oxygens (including phenoxy) is 1. The van der Waals surface area contributed by atoms with Crippen LogP contribution in [-0.4, -0.2) is 41.1 Å². The number of para-hydroxylation sites is 1. The molecule has 1 aliphatic rings. The van der Waals surface area contributed by atoms with Crippen LogP contribution in [0.3, 0.4) is 0 Å². The van der Waals surface area contributed by atoms with Gasteiger partial charge in [0.1, 0.15) is 6.61 Å². The zero-order chi connectivity index (χ0) is 17.6. The van der Waals surface area contributed by atoms with Gasteiger partial charge in [-0.1, -0.05) is 48.5 Å². The van der Waals surface area contributed by atoms with Crippen LogP contribution < -0.4 is 4.74 Å². The van der Waals surface area contributed by atoms with Crippen LogP contribution in [-0.2, 0) is 6.42 Å². The molecule has 4 rings (SSSR count). The average Bonchev–Trinajstić information content (AvgIpc) is 2.70. The summed E-state index contributed by atoms with van der Waals surface area (Å²) in [5.41, 5.74) is 2.39. The summed E-state index contributed by atoms with van der Waals surface area (Å²) >= 11 is 0. The lowest BCUT2D eigenvalue weighted by Gasteiger charge is -2.31. The summed E-state index contributed by atoms with van der Waals surface area (Å²) in [5.74, 6) is 0.804. The monoisotopic (exact) mass is 347 g/mol. The van der Waals surface area contributed by atoms with Gasteiger partial charge in [0.15, 0.2) is 0 Å². The number of benzene rings is 2. The maximum atomic E-state index is 5.78. The molecule has 0 spiro atoms. The summed E-state index contributed by atoms with van der Waals surface area (Å²) in [6, 6.07) is 19.3. The molecule has 0 unspecified atom stereocenters. The molecule has 1 fully saturated rings. The lowest BCUT2D eigenvalue weighted by Crippen LogP contribution is -2.37. The van der Waals surface area contributed by atoms with Crippen LogP contribution in [0.2, 0.25) is 0 Å². The minimum atomic E-state index is 0.475. The van der Waals surface area contributed by atoms with E-state index in [1.807, 2.05) is 30.5 Å². The number of piperidine rings is 1. The number of hydrogen-bond acceptors (Lipinski definition) is 4. The lowest BCUT2D eigenvalue weighted by molar-refractivity contribution is 0.151. The van der Waals surface area contributed by atoms with E-state index in [4.69, 9.17) is 4.74 Å². The highest BCUT2D eigenvalue weighted by Gasteiger charge is 2.19. The molecule has 0 atom stereocenters. The molecule has 4 heteroatoms. The summed E-state index contributed by atoms with van der Waals surface area (Å²) in [7, 11) is 0. The number of likely N-dealkylation sites (tertiary alicyclic amines) is 1. The Kier molecular flexibility index (Phi) is 5.41. The normalized spacial score (nSPS) is 16.0. The minimum absolute atomic E-state index is 0.475. The Hall–Kier alpha value is -2.46. The van der Waals surface area contributed by atoms with E-state index in [0.29, 0.717) is 12.6 Å². The molecule has 2 aromatic carbocycles. The molecule has 0 bridgehead atoms. The van der Waals surface area contributed by atoms with Gasteiger partial charge in [-0.2, -0.15) is 4.98 Å². The predicted octanol–water partition coefficient (Wildman–Crippen LogP) is 3.96. The molecule has 26 heavy (non-hydrogen) atoms. The van der Waals surface area contributed by atoms with Crippen LogP contribution >= 0.6 is 0 Å². The van der Waals surface area contributed by atoms with Gasteiger partial charge < -0.3 is 4.74 Å². The molecule has 1 aromatic heterocycles. The van der Waals surface area contributed by atoms with E-state index in [0.717, 1.165) is 36.5 Å². The predicted molar refractivity (Wildman–Crippen MR) is 104 cm³/mol. The molecule has 0 N–H and O–H groups in total. The quantitative estimate of drug-likeness (QED) is 0.676. The molecule has 1 saturated heterocycles. The highest BCUT2D eigenvalue weighted by molar-refractivity contribution is 5.77. The van der Waals surface area contributed by atoms with Gasteiger partial charge in [-0.25, -0.2) is 4.98 Å². The summed E-state index contributed by atoms with van der Waals surface area (Å²) < 4.78 is 5.78. The second kappa shape index (κ2) is 8.28. The first kappa shape index (κ1) is 17.0. The van der Waals surface area contributed by atoms with E-state index in [9.17, 15) is 0 Å². The van der Waals surface area contributed by atoms with Crippen LogP contribution in [0.25, 0.3) is 10.9 Å². The first-order chi connectivity index (χ1) is 12.9. The first-order valence-electron chi connectivity index (χ1n) is 9.48. The molecular weight excluding hydrogens is 322 g/mol. The van der Waals surface area contributed by atoms with Gasteiger partial charge in [0.25, 0.3) is 0 Å². The fraction of sp³-hybridized carbons (Fsp3) is 0.364. The molecule has 0 aliphatic carbocycles. The van der Waals surface area contributed by atoms with Gasteiger partial charge in [0.05, 0.1) is 5.52 Å². The Labute approximate surface area is 154 Å². The largest absolute Gasteiger partial charge is 0.462 e. The minimum Gasteiger partial charge on any atom is -0.462 e. The van der Waals surface area contributed by atoms with Crippen molar-refractivity contribution < 1.29 is 4.74 Å². The van der Waals surface area contributed by atoms with Crippen molar-refractivity contribution in [1.29, 1.82) is 0 Å². The third kappa shape index (κ3) is 4.38. The molecule has 0 amide bonds. The number of nitrogens with zero attached hydrogens (tertiary/aromatic N) is 3. The Morgan fingerprint density at radius 2 is 1.73 bits per heavy atom. The molecule has 1 aliphatic heterocycles. The SMILES string of the molecule is c1ccc(CC2CCN(CCOc3ncc4ccccc4n3)CC2)cc1. The second-order valence-corrected chi connectivity index (χ2v) is 7.03. The standard InChI is InChI=1S/C22H25N3O/c1-2-6-18(7-3-1)16-19-10-12-25(13-11-19)14-15-26-22-23-17-20-8-4-5-9-21(20)24-22/h1-9,17,19H,10-16H2. The number of fused-ring (bicyclic) bond motifs is 1. The van der Waals surface area contributed by atoms with E-state index >= 15 is 0 Å². The molecule has 0 radical (unpaired) electrons. The van der Waals surface area contributed by atoms with Crippen LogP contribution in [0.15, 0.2) is 60.8 Å². The Bertz CT molecular complexity index is 829. The van der Waals surface area contributed by atoms with Crippen LogP contribution in [0.5, 0.6) is 6.01 Å². The van der Waals surface area contributed by atoms with Gasteiger partial charge in [-0.3, -0.25) is 4.90 Å². The van der Waals surface area contributed by atoms with E-state index in [-0.39, 0.29) is 0 Å². The lowest BCUT2D eigenvalue weighted by atomic mass is 9.90. The van der Waals surface area contributed by atoms with Crippen LogP contribution in [0, 0.1) is 5.92 Å². The fourth-order valence-corrected chi connectivity index (χ4v) is 3.65. The Balaban J connectivity index is 1.21. The zero-order valence-electron chi connectivity index (χ0n) is 15.1. The topological polar surface area (TPSA) is 38.2 Å². The number of aromatic nitrogens is 2. The van der Waals surface area contributed by atoms with E-state index in [2.05, 4.69) is 45.2 Å². The maximum Gasteiger partial charge on any atom is 0.316 e. The van der Waals surface area contributed by atoms with Crippen molar-refractivity contribution in [3.05, 3.63) is 66.4 Å². The fourth-order valence-electron chi connectivity index (χ4n) is 3.65. The molecule has 134 valence electrons. The number of rotatable bonds is 6. The van der Waals surface area contributed by atoms with Gasteiger partial charge in [-0.15, -0.1) is 0 Å². The van der Waals surface area contributed by atoms with Crippen molar-refractivity contribution in [2.24, 2.45) is 5.92 Å². The van der Waals surface area contributed by atoms with Gasteiger partial charge in [-0.05, 0) is 49.9 Å². The van der Waals surface area contributed by atoms with E-state index < -0.39 is 0 Å². The van der Waals surface area contributed by atoms with E-state index in [1.54, 1.807) is 0 Å². The maximum absolute atomic E-state index is 5.78. The molecule has 0 saturated carbocycles. The van der Waals surface area contributed by atoms with Crippen LogP contribution in [0.4, 0.5) is 0 Å². The summed E-state index contributed by atoms with van der Waals surface area (Å²) in [4.78, 5) is 11.3. The van der Waals surface area contributed by atoms with Crippen molar-refractivity contribution in [2.45, 2.75) is 19.3 Å². The smallest absolute Gasteiger partial charge is 0.316 e. The highest BCUT2D eigenvalue weighted by atomic mass is 16.5. The zero-order valence-corrected chi connectivity index (χ0v) is 15.1. The van der Waals surface area contributed by atoms with E-state index in [1.165, 1.54) is 24.8 Å². The number of hydrogen-bond donors (Lipinski definition) is 0. The third-order valence-electron chi connectivity index (χ3n) is 5.18. The summed E-state index contributed by atoms with van der Waals surface area (Å²) in [6.07, 6.45) is 5.56. The van der Waals surface area contributed by atoms with Gasteiger partial charge in [0.2, 0.25) is 0 Å². The highest BCUT2D eigenvalue weighted by Crippen LogP contribution is 2.21. The molecular formula is C22H25N3O. The van der Waals surface area contributed by atoms with Crippen molar-refractivity contribution in [1.82, 2.24) is 14.9 Å². The Morgan fingerprint density at radius 1 is 0.962 bits per heavy atom. The third-order valence-corrected chi connectivity index (χ3v) is 5.18.